The summed E-state index contributed by atoms with van der Waals surface area (Å²) in [7, 11) is 1.97. The summed E-state index contributed by atoms with van der Waals surface area (Å²) >= 11 is 4.94. The number of nitrogens with zero attached hydrogens (tertiary/aromatic N) is 2. The van der Waals surface area contributed by atoms with E-state index in [1.165, 1.54) is 0 Å². The second-order valence-corrected chi connectivity index (χ2v) is 5.15. The zero-order chi connectivity index (χ0) is 13.7. The first-order chi connectivity index (χ1) is 8.41. The molecule has 1 aromatic heterocycles. The molecule has 0 spiro atoms. The van der Waals surface area contributed by atoms with Crippen LogP contribution in [0.1, 0.15) is 27.2 Å². The Kier molecular flexibility index (Phi) is 5.34. The van der Waals surface area contributed by atoms with Crippen molar-refractivity contribution < 1.29 is 4.74 Å². The summed E-state index contributed by atoms with van der Waals surface area (Å²) in [6.07, 6.45) is 2.53. The molecule has 0 bridgehead atoms. The molecule has 1 heterocycles. The summed E-state index contributed by atoms with van der Waals surface area (Å²) in [6, 6.07) is 3.98. The molecule has 0 aliphatic rings. The molecule has 4 nitrogen and oxygen atoms in total. The van der Waals surface area contributed by atoms with Crippen LogP contribution in [0.4, 0.5) is 5.82 Å². The van der Waals surface area contributed by atoms with E-state index in [-0.39, 0.29) is 12.1 Å². The Bertz CT molecular complexity index is 409. The summed E-state index contributed by atoms with van der Waals surface area (Å²) < 4.78 is 5.75. The third kappa shape index (κ3) is 4.14. The first kappa shape index (κ1) is 14.7. The number of hydrogen-bond donors (Lipinski definition) is 1. The highest BCUT2D eigenvalue weighted by Crippen LogP contribution is 2.27. The van der Waals surface area contributed by atoms with Crippen LogP contribution in [0.3, 0.4) is 0 Å². The van der Waals surface area contributed by atoms with Crippen molar-refractivity contribution in [2.24, 2.45) is 5.73 Å². The van der Waals surface area contributed by atoms with Crippen molar-refractivity contribution in [1.82, 2.24) is 4.98 Å². The topological polar surface area (TPSA) is 51.4 Å². The Morgan fingerprint density at radius 1 is 1.50 bits per heavy atom. The molecule has 100 valence electrons. The van der Waals surface area contributed by atoms with Crippen molar-refractivity contribution in [2.45, 2.75) is 39.3 Å². The van der Waals surface area contributed by atoms with Crippen molar-refractivity contribution >= 4 is 23.0 Å². The lowest BCUT2D eigenvalue weighted by Crippen LogP contribution is -2.33. The molecule has 18 heavy (non-hydrogen) atoms. The third-order valence-electron chi connectivity index (χ3n) is 2.61. The van der Waals surface area contributed by atoms with Crippen LogP contribution in [0.15, 0.2) is 18.3 Å². The van der Waals surface area contributed by atoms with Crippen molar-refractivity contribution in [3.63, 3.8) is 0 Å². The molecule has 0 fully saturated rings. The lowest BCUT2D eigenvalue weighted by atomic mass is 10.2. The maximum absolute atomic E-state index is 5.75. The normalized spacial score (nSPS) is 12.3. The van der Waals surface area contributed by atoms with Gasteiger partial charge in [-0.1, -0.05) is 12.2 Å². The third-order valence-corrected chi connectivity index (χ3v) is 2.77. The first-order valence-electron chi connectivity index (χ1n) is 6.04. The van der Waals surface area contributed by atoms with E-state index in [1.54, 1.807) is 6.20 Å². The second kappa shape index (κ2) is 6.54. The summed E-state index contributed by atoms with van der Waals surface area (Å²) in [5.41, 5.74) is 5.58. The van der Waals surface area contributed by atoms with Crippen molar-refractivity contribution in [3.05, 3.63) is 18.3 Å². The van der Waals surface area contributed by atoms with Gasteiger partial charge < -0.3 is 15.4 Å². The smallest absolute Gasteiger partial charge is 0.171 e. The van der Waals surface area contributed by atoms with Gasteiger partial charge in [-0.05, 0) is 32.9 Å². The van der Waals surface area contributed by atoms with Gasteiger partial charge in [-0.3, -0.25) is 0 Å². The van der Waals surface area contributed by atoms with Gasteiger partial charge in [0.2, 0.25) is 0 Å². The Balaban J connectivity index is 2.90. The summed E-state index contributed by atoms with van der Waals surface area (Å²) in [6.45, 7) is 6.05. The molecule has 0 aromatic carbocycles. The van der Waals surface area contributed by atoms with E-state index in [4.69, 9.17) is 22.7 Å². The Labute approximate surface area is 114 Å². The van der Waals surface area contributed by atoms with Crippen molar-refractivity contribution in [3.8, 4) is 5.75 Å². The maximum Gasteiger partial charge on any atom is 0.171 e. The van der Waals surface area contributed by atoms with Crippen molar-refractivity contribution in [2.75, 3.05) is 11.9 Å². The summed E-state index contributed by atoms with van der Waals surface area (Å²) in [5, 5.41) is 0. The van der Waals surface area contributed by atoms with Gasteiger partial charge in [0.25, 0.3) is 0 Å². The number of anilines is 1. The molecule has 5 heteroatoms. The van der Waals surface area contributed by atoms with Crippen LogP contribution in [0.5, 0.6) is 5.75 Å². The number of pyridine rings is 1. The molecule has 0 aliphatic heterocycles. The van der Waals surface area contributed by atoms with Crippen LogP contribution < -0.4 is 15.4 Å². The van der Waals surface area contributed by atoms with Gasteiger partial charge in [0, 0.05) is 25.7 Å². The Hall–Kier alpha value is -1.36. The first-order valence-corrected chi connectivity index (χ1v) is 6.45. The quantitative estimate of drug-likeness (QED) is 0.802. The average Bonchev–Trinajstić information content (AvgIpc) is 2.27. The fourth-order valence-electron chi connectivity index (χ4n) is 1.63. The van der Waals surface area contributed by atoms with E-state index in [9.17, 15) is 0 Å². The average molecular weight is 267 g/mol. The van der Waals surface area contributed by atoms with E-state index in [2.05, 4.69) is 11.9 Å². The molecule has 1 unspecified atom stereocenters. The second-order valence-electron chi connectivity index (χ2n) is 4.62. The largest absolute Gasteiger partial charge is 0.487 e. The highest BCUT2D eigenvalue weighted by Gasteiger charge is 2.16. The Morgan fingerprint density at radius 3 is 2.72 bits per heavy atom. The minimum atomic E-state index is 0.118. The number of hydrogen-bond acceptors (Lipinski definition) is 4. The van der Waals surface area contributed by atoms with Gasteiger partial charge in [0.1, 0.15) is 0 Å². The number of thiocarbonyl (C=S) groups is 1. The van der Waals surface area contributed by atoms with Gasteiger partial charge in [0.05, 0.1) is 11.1 Å². The molecule has 2 N–H and O–H groups in total. The molecule has 0 saturated heterocycles. The van der Waals surface area contributed by atoms with Gasteiger partial charge in [-0.2, -0.15) is 0 Å². The fourth-order valence-corrected chi connectivity index (χ4v) is 1.87. The van der Waals surface area contributed by atoms with E-state index in [0.717, 1.165) is 11.6 Å². The lowest BCUT2D eigenvalue weighted by molar-refractivity contribution is 0.242. The number of nitrogens with two attached hydrogens (primary N) is 1. The molecule has 0 aliphatic carbocycles. The van der Waals surface area contributed by atoms with E-state index in [0.29, 0.717) is 11.4 Å². The van der Waals surface area contributed by atoms with Gasteiger partial charge in [-0.25, -0.2) is 4.98 Å². The highest BCUT2D eigenvalue weighted by molar-refractivity contribution is 7.80. The van der Waals surface area contributed by atoms with Crippen LogP contribution in [-0.4, -0.2) is 29.2 Å². The molecule has 1 rings (SSSR count). The fraction of sp³-hybridized carbons (Fsp3) is 0.538. The molecule has 0 radical (unpaired) electrons. The SMILES string of the molecule is CC(C)Oc1cccnc1N(C)C(C)CC(N)=S. The van der Waals surface area contributed by atoms with Crippen molar-refractivity contribution in [1.29, 1.82) is 0 Å². The van der Waals surface area contributed by atoms with E-state index >= 15 is 0 Å². The predicted octanol–water partition coefficient (Wildman–Crippen LogP) is 2.37. The zero-order valence-electron chi connectivity index (χ0n) is 11.4. The molecule has 0 saturated carbocycles. The maximum atomic E-state index is 5.75. The number of rotatable bonds is 6. The van der Waals surface area contributed by atoms with Gasteiger partial charge >= 0.3 is 0 Å². The van der Waals surface area contributed by atoms with Crippen LogP contribution in [0.2, 0.25) is 0 Å². The molecular formula is C13H21N3OS. The summed E-state index contributed by atoms with van der Waals surface area (Å²) in [5.74, 6) is 1.60. The Morgan fingerprint density at radius 2 is 2.17 bits per heavy atom. The molecular weight excluding hydrogens is 246 g/mol. The monoisotopic (exact) mass is 267 g/mol. The highest BCUT2D eigenvalue weighted by atomic mass is 32.1. The summed E-state index contributed by atoms with van der Waals surface area (Å²) in [4.78, 5) is 6.93. The molecule has 1 aromatic rings. The number of aromatic nitrogens is 1. The zero-order valence-corrected chi connectivity index (χ0v) is 12.2. The van der Waals surface area contributed by atoms with Crippen LogP contribution >= 0.6 is 12.2 Å². The van der Waals surface area contributed by atoms with Gasteiger partial charge in [0.15, 0.2) is 11.6 Å². The molecule has 0 amide bonds. The minimum absolute atomic E-state index is 0.118. The molecule has 1 atom stereocenters. The minimum Gasteiger partial charge on any atom is -0.487 e. The standard InChI is InChI=1S/C13H21N3OS/c1-9(2)17-11-6-5-7-15-13(11)16(4)10(3)8-12(14)18/h5-7,9-10H,8H2,1-4H3,(H2,14,18). The van der Waals surface area contributed by atoms with Crippen LogP contribution in [0, 0.1) is 0 Å². The van der Waals surface area contributed by atoms with Crippen LogP contribution in [0.25, 0.3) is 0 Å². The van der Waals surface area contributed by atoms with Crippen LogP contribution in [-0.2, 0) is 0 Å². The predicted molar refractivity (Wildman–Crippen MR) is 79.3 cm³/mol. The van der Waals surface area contributed by atoms with E-state index < -0.39 is 0 Å². The number of ether oxygens (including phenoxy) is 1. The lowest BCUT2D eigenvalue weighted by Gasteiger charge is -2.27. The van der Waals surface area contributed by atoms with Gasteiger partial charge in [-0.15, -0.1) is 0 Å². The van der Waals surface area contributed by atoms with E-state index in [1.807, 2.05) is 37.9 Å².